The highest BCUT2D eigenvalue weighted by Crippen LogP contribution is 2.21. The van der Waals surface area contributed by atoms with Crippen LogP contribution in [0.5, 0.6) is 0 Å². The van der Waals surface area contributed by atoms with E-state index in [9.17, 15) is 12.8 Å². The van der Waals surface area contributed by atoms with Gasteiger partial charge in [0.1, 0.15) is 11.6 Å². The number of pyridine rings is 1. The largest absolute Gasteiger partial charge is 0.368 e. The van der Waals surface area contributed by atoms with E-state index in [1.54, 1.807) is 30.5 Å². The second kappa shape index (κ2) is 9.89. The molecule has 0 aliphatic carbocycles. The van der Waals surface area contributed by atoms with Crippen LogP contribution in [-0.4, -0.2) is 39.6 Å². The number of anilines is 2. The van der Waals surface area contributed by atoms with Crippen LogP contribution in [0.4, 0.5) is 15.9 Å². The van der Waals surface area contributed by atoms with Gasteiger partial charge in [-0.15, -0.1) is 0 Å². The van der Waals surface area contributed by atoms with Gasteiger partial charge in [0.15, 0.2) is 0 Å². The van der Waals surface area contributed by atoms with E-state index in [1.807, 2.05) is 24.3 Å². The molecule has 3 aromatic rings. The Morgan fingerprint density at radius 3 is 2.21 bits per heavy atom. The fourth-order valence-electron chi connectivity index (χ4n) is 3.88. The van der Waals surface area contributed by atoms with Crippen molar-refractivity contribution in [1.82, 2.24) is 9.71 Å². The predicted molar refractivity (Wildman–Crippen MR) is 130 cm³/mol. The molecule has 1 N–H and O–H groups in total. The molecule has 1 fully saturated rings. The normalized spacial score (nSPS) is 14.7. The summed E-state index contributed by atoms with van der Waals surface area (Å²) in [6.45, 7) is 7.51. The molecule has 2 heterocycles. The molecule has 0 unspecified atom stereocenters. The smallest absolute Gasteiger partial charge is 0.240 e. The van der Waals surface area contributed by atoms with Crippen LogP contribution in [0.2, 0.25) is 0 Å². The zero-order chi connectivity index (χ0) is 23.4. The maximum absolute atomic E-state index is 13.2. The van der Waals surface area contributed by atoms with Gasteiger partial charge in [-0.05, 0) is 65.6 Å². The summed E-state index contributed by atoms with van der Waals surface area (Å²) < 4.78 is 41.3. The summed E-state index contributed by atoms with van der Waals surface area (Å²) in [5.74, 6) is 0.941. The molecule has 4 rings (SSSR count). The Labute approximate surface area is 195 Å². The Bertz CT molecular complexity index is 1170. The summed E-state index contributed by atoms with van der Waals surface area (Å²) in [4.78, 5) is 9.15. The van der Waals surface area contributed by atoms with Crippen LogP contribution < -0.4 is 14.5 Å². The first-order valence-electron chi connectivity index (χ1n) is 11.1. The average molecular weight is 469 g/mol. The highest BCUT2D eigenvalue weighted by molar-refractivity contribution is 7.89. The van der Waals surface area contributed by atoms with Gasteiger partial charge in [0.2, 0.25) is 10.0 Å². The van der Waals surface area contributed by atoms with Crippen LogP contribution >= 0.6 is 0 Å². The molecule has 1 aliphatic heterocycles. The van der Waals surface area contributed by atoms with E-state index in [0.717, 1.165) is 48.8 Å². The minimum Gasteiger partial charge on any atom is -0.368 e. The molecule has 0 atom stereocenters. The number of hydrogen-bond donors (Lipinski definition) is 1. The first kappa shape index (κ1) is 23.2. The summed E-state index contributed by atoms with van der Waals surface area (Å²) >= 11 is 0. The lowest BCUT2D eigenvalue weighted by Crippen LogP contribution is -2.46. The summed E-state index contributed by atoms with van der Waals surface area (Å²) in [5, 5.41) is 0. The van der Waals surface area contributed by atoms with Gasteiger partial charge in [0.25, 0.3) is 0 Å². The fraction of sp³-hybridized carbons (Fsp3) is 0.320. The number of halogens is 1. The van der Waals surface area contributed by atoms with E-state index in [2.05, 4.69) is 33.4 Å². The Morgan fingerprint density at radius 2 is 1.58 bits per heavy atom. The average Bonchev–Trinajstić information content (AvgIpc) is 2.84. The molecule has 33 heavy (non-hydrogen) atoms. The van der Waals surface area contributed by atoms with Crippen molar-refractivity contribution >= 4 is 21.5 Å². The third kappa shape index (κ3) is 5.69. The van der Waals surface area contributed by atoms with Gasteiger partial charge in [0, 0.05) is 44.6 Å². The van der Waals surface area contributed by atoms with Crippen LogP contribution in [0.3, 0.4) is 0 Å². The van der Waals surface area contributed by atoms with Crippen LogP contribution in [0, 0.1) is 5.82 Å². The van der Waals surface area contributed by atoms with Crippen molar-refractivity contribution in [3.8, 4) is 0 Å². The Morgan fingerprint density at radius 1 is 0.939 bits per heavy atom. The van der Waals surface area contributed by atoms with Gasteiger partial charge in [-0.2, -0.15) is 0 Å². The Kier molecular flexibility index (Phi) is 6.95. The molecule has 0 amide bonds. The van der Waals surface area contributed by atoms with Crippen LogP contribution in [0.1, 0.15) is 30.9 Å². The maximum atomic E-state index is 13.2. The Hall–Kier alpha value is -2.97. The Balaban J connectivity index is 1.36. The second-order valence-corrected chi connectivity index (χ2v) is 10.3. The zero-order valence-electron chi connectivity index (χ0n) is 18.9. The molecule has 2 aromatic carbocycles. The lowest BCUT2D eigenvalue weighted by atomic mass is 10.0. The topological polar surface area (TPSA) is 65.5 Å². The van der Waals surface area contributed by atoms with Crippen LogP contribution in [0.15, 0.2) is 71.8 Å². The van der Waals surface area contributed by atoms with Crippen molar-refractivity contribution in [2.75, 3.05) is 36.0 Å². The molecular weight excluding hydrogens is 439 g/mol. The summed E-state index contributed by atoms with van der Waals surface area (Å²) in [6, 6.07) is 17.3. The highest BCUT2D eigenvalue weighted by atomic mass is 32.2. The fourth-order valence-corrected chi connectivity index (χ4v) is 4.90. The first-order valence-corrected chi connectivity index (χ1v) is 12.6. The standard InChI is InChI=1S/C25H29FN4O2S/c1-19(2)21-3-9-24(10-4-21)33(31,32)28-18-20-11-12-27-25(17-20)30-15-13-29(14-16-30)23-7-5-22(26)6-8-23/h3-12,17,19,28H,13-16,18H2,1-2H3. The third-order valence-corrected chi connectivity index (χ3v) is 7.35. The van der Waals surface area contributed by atoms with Crippen molar-refractivity contribution in [3.05, 3.63) is 83.8 Å². The SMILES string of the molecule is CC(C)c1ccc(S(=O)(=O)NCc2ccnc(N3CCN(c4ccc(F)cc4)CC3)c2)cc1. The van der Waals surface area contributed by atoms with E-state index < -0.39 is 10.0 Å². The first-order chi connectivity index (χ1) is 15.8. The minimum atomic E-state index is -3.60. The molecule has 0 radical (unpaired) electrons. The summed E-state index contributed by atoms with van der Waals surface area (Å²) in [7, 11) is -3.60. The van der Waals surface area contributed by atoms with E-state index in [-0.39, 0.29) is 17.3 Å². The number of piperazine rings is 1. The second-order valence-electron chi connectivity index (χ2n) is 8.52. The number of hydrogen-bond acceptors (Lipinski definition) is 5. The van der Waals surface area contributed by atoms with Crippen molar-refractivity contribution in [2.24, 2.45) is 0 Å². The van der Waals surface area contributed by atoms with Crippen molar-refractivity contribution in [1.29, 1.82) is 0 Å². The lowest BCUT2D eigenvalue weighted by Gasteiger charge is -2.36. The molecule has 1 saturated heterocycles. The van der Waals surface area contributed by atoms with Gasteiger partial charge >= 0.3 is 0 Å². The van der Waals surface area contributed by atoms with Crippen molar-refractivity contribution in [2.45, 2.75) is 31.2 Å². The van der Waals surface area contributed by atoms with Gasteiger partial charge < -0.3 is 9.80 Å². The molecule has 174 valence electrons. The molecule has 6 nitrogen and oxygen atoms in total. The molecule has 0 spiro atoms. The number of aromatic nitrogens is 1. The van der Waals surface area contributed by atoms with E-state index in [4.69, 9.17) is 0 Å². The van der Waals surface area contributed by atoms with Gasteiger partial charge in [-0.1, -0.05) is 26.0 Å². The van der Waals surface area contributed by atoms with Crippen molar-refractivity contribution in [3.63, 3.8) is 0 Å². The van der Waals surface area contributed by atoms with Gasteiger partial charge in [-0.3, -0.25) is 0 Å². The molecule has 1 aromatic heterocycles. The van der Waals surface area contributed by atoms with E-state index >= 15 is 0 Å². The number of nitrogens with zero attached hydrogens (tertiary/aromatic N) is 3. The summed E-state index contributed by atoms with van der Waals surface area (Å²) in [5.41, 5.74) is 2.96. The van der Waals surface area contributed by atoms with Crippen LogP contribution in [-0.2, 0) is 16.6 Å². The molecule has 1 aliphatic rings. The van der Waals surface area contributed by atoms with E-state index in [0.29, 0.717) is 5.92 Å². The number of sulfonamides is 1. The molecule has 8 heteroatoms. The van der Waals surface area contributed by atoms with Crippen LogP contribution in [0.25, 0.3) is 0 Å². The maximum Gasteiger partial charge on any atom is 0.240 e. The predicted octanol–water partition coefficient (Wildman–Crippen LogP) is 4.15. The minimum absolute atomic E-state index is 0.194. The number of benzene rings is 2. The number of rotatable bonds is 7. The number of nitrogens with one attached hydrogen (secondary N) is 1. The quantitative estimate of drug-likeness (QED) is 0.564. The lowest BCUT2D eigenvalue weighted by molar-refractivity contribution is 0.581. The zero-order valence-corrected chi connectivity index (χ0v) is 19.7. The van der Waals surface area contributed by atoms with Gasteiger partial charge in [0.05, 0.1) is 4.90 Å². The monoisotopic (exact) mass is 468 g/mol. The third-order valence-electron chi connectivity index (χ3n) is 5.93. The molecule has 0 bridgehead atoms. The highest BCUT2D eigenvalue weighted by Gasteiger charge is 2.19. The molecule has 0 saturated carbocycles. The molecular formula is C25H29FN4O2S. The van der Waals surface area contributed by atoms with E-state index in [1.165, 1.54) is 12.1 Å². The van der Waals surface area contributed by atoms with Gasteiger partial charge in [-0.25, -0.2) is 22.5 Å². The van der Waals surface area contributed by atoms with Crippen molar-refractivity contribution < 1.29 is 12.8 Å². The summed E-state index contributed by atoms with van der Waals surface area (Å²) in [6.07, 6.45) is 1.71.